The highest BCUT2D eigenvalue weighted by atomic mass is 79.9. The zero-order chi connectivity index (χ0) is 12.8. The van der Waals surface area contributed by atoms with Gasteiger partial charge in [-0.3, -0.25) is 9.78 Å². The molecule has 94 valence electrons. The second-order valence-corrected chi connectivity index (χ2v) is 5.60. The summed E-state index contributed by atoms with van der Waals surface area (Å²) in [6, 6.07) is 1.61. The number of aliphatic hydroxyl groups is 1. The van der Waals surface area contributed by atoms with Crippen molar-refractivity contribution in [3.63, 3.8) is 0 Å². The van der Waals surface area contributed by atoms with E-state index in [1.165, 1.54) is 18.0 Å². The van der Waals surface area contributed by atoms with Crippen molar-refractivity contribution in [3.8, 4) is 0 Å². The van der Waals surface area contributed by atoms with E-state index in [9.17, 15) is 4.79 Å². The minimum atomic E-state index is -0.182. The summed E-state index contributed by atoms with van der Waals surface area (Å²) < 4.78 is 0.765. The largest absolute Gasteiger partial charge is 0.395 e. The van der Waals surface area contributed by atoms with Gasteiger partial charge in [0, 0.05) is 28.2 Å². The van der Waals surface area contributed by atoms with Crippen LogP contribution in [-0.4, -0.2) is 40.2 Å². The Balaban J connectivity index is 2.66. The molecule has 0 aliphatic carbocycles. The zero-order valence-electron chi connectivity index (χ0n) is 9.68. The van der Waals surface area contributed by atoms with Crippen LogP contribution < -0.4 is 5.32 Å². The van der Waals surface area contributed by atoms with Gasteiger partial charge in [0.1, 0.15) is 0 Å². The Hall–Kier alpha value is -0.590. The lowest BCUT2D eigenvalue weighted by Crippen LogP contribution is -2.41. The van der Waals surface area contributed by atoms with E-state index in [0.29, 0.717) is 5.56 Å². The number of carbonyl (C=O) groups is 1. The van der Waals surface area contributed by atoms with Crippen molar-refractivity contribution in [2.24, 2.45) is 0 Å². The van der Waals surface area contributed by atoms with Crippen LogP contribution in [0.4, 0.5) is 0 Å². The Bertz CT molecular complexity index is 385. The van der Waals surface area contributed by atoms with Crippen LogP contribution in [0.15, 0.2) is 22.9 Å². The molecule has 1 aromatic rings. The van der Waals surface area contributed by atoms with E-state index < -0.39 is 0 Å². The van der Waals surface area contributed by atoms with E-state index >= 15 is 0 Å². The minimum absolute atomic E-state index is 0.000868. The number of thioether (sulfide) groups is 1. The lowest BCUT2D eigenvalue weighted by Gasteiger charge is -2.21. The van der Waals surface area contributed by atoms with Crippen molar-refractivity contribution in [2.45, 2.75) is 18.2 Å². The molecule has 1 amide bonds. The molecule has 0 aliphatic heterocycles. The summed E-state index contributed by atoms with van der Waals surface area (Å²) in [4.78, 5) is 15.8. The molecule has 1 aromatic heterocycles. The van der Waals surface area contributed by atoms with Crippen molar-refractivity contribution < 1.29 is 9.90 Å². The molecule has 0 bridgehead atoms. The van der Waals surface area contributed by atoms with Gasteiger partial charge in [-0.2, -0.15) is 11.8 Å². The Morgan fingerprint density at radius 2 is 2.35 bits per heavy atom. The van der Waals surface area contributed by atoms with E-state index in [1.807, 2.05) is 13.2 Å². The molecule has 0 saturated carbocycles. The number of aliphatic hydroxyl groups excluding tert-OH is 1. The number of nitrogens with one attached hydrogen (secondary N) is 1. The number of hydrogen-bond acceptors (Lipinski definition) is 4. The van der Waals surface area contributed by atoms with Crippen LogP contribution in [0.5, 0.6) is 0 Å². The summed E-state index contributed by atoms with van der Waals surface area (Å²) in [7, 11) is 0. The van der Waals surface area contributed by atoms with Crippen molar-refractivity contribution >= 4 is 33.6 Å². The first-order valence-corrected chi connectivity index (χ1v) is 7.21. The molecule has 0 saturated heterocycles. The van der Waals surface area contributed by atoms with Crippen molar-refractivity contribution in [3.05, 3.63) is 28.5 Å². The zero-order valence-corrected chi connectivity index (χ0v) is 12.1. The summed E-state index contributed by atoms with van der Waals surface area (Å²) in [5, 5.41) is 12.0. The van der Waals surface area contributed by atoms with Crippen LogP contribution in [0, 0.1) is 0 Å². The molecule has 0 aliphatic rings. The SMILES string of the molecule is CS[C@H](CO)[C@H](C)NC(=O)c1cncc(Br)c1. The Kier molecular flexibility index (Phi) is 5.94. The fourth-order valence-electron chi connectivity index (χ4n) is 1.36. The topological polar surface area (TPSA) is 62.2 Å². The average Bonchev–Trinajstić information content (AvgIpc) is 2.30. The first-order valence-electron chi connectivity index (χ1n) is 5.13. The molecule has 0 radical (unpaired) electrons. The number of pyridine rings is 1. The Labute approximate surface area is 113 Å². The van der Waals surface area contributed by atoms with Gasteiger partial charge in [-0.15, -0.1) is 0 Å². The third-order valence-corrected chi connectivity index (χ3v) is 3.96. The molecule has 1 rings (SSSR count). The third kappa shape index (κ3) is 4.29. The molecule has 0 spiro atoms. The first-order chi connectivity index (χ1) is 8.08. The van der Waals surface area contributed by atoms with Crippen LogP contribution in [0.1, 0.15) is 17.3 Å². The first kappa shape index (κ1) is 14.5. The maximum Gasteiger partial charge on any atom is 0.253 e. The highest BCUT2D eigenvalue weighted by Gasteiger charge is 2.18. The number of rotatable bonds is 5. The summed E-state index contributed by atoms with van der Waals surface area (Å²) in [5.41, 5.74) is 0.504. The van der Waals surface area contributed by atoms with Gasteiger partial charge >= 0.3 is 0 Å². The van der Waals surface area contributed by atoms with Crippen LogP contribution in [0.25, 0.3) is 0 Å². The normalized spacial score (nSPS) is 14.1. The molecule has 2 N–H and O–H groups in total. The Morgan fingerprint density at radius 3 is 2.88 bits per heavy atom. The number of hydrogen-bond donors (Lipinski definition) is 2. The summed E-state index contributed by atoms with van der Waals surface area (Å²) >= 11 is 4.80. The molecule has 4 nitrogen and oxygen atoms in total. The van der Waals surface area contributed by atoms with E-state index in [2.05, 4.69) is 26.2 Å². The monoisotopic (exact) mass is 318 g/mol. The van der Waals surface area contributed by atoms with Crippen LogP contribution in [-0.2, 0) is 0 Å². The van der Waals surface area contributed by atoms with E-state index in [1.54, 1.807) is 12.3 Å². The van der Waals surface area contributed by atoms with Crippen molar-refractivity contribution in [2.75, 3.05) is 12.9 Å². The standard InChI is InChI=1S/C11H15BrN2O2S/c1-7(10(6-15)17-2)14-11(16)8-3-9(12)5-13-4-8/h3-5,7,10,15H,6H2,1-2H3,(H,14,16)/t7-,10+/m0/s1. The number of carbonyl (C=O) groups excluding carboxylic acids is 1. The molecule has 2 atom stereocenters. The number of halogens is 1. The van der Waals surface area contributed by atoms with Gasteiger partial charge in [-0.25, -0.2) is 0 Å². The van der Waals surface area contributed by atoms with E-state index in [4.69, 9.17) is 5.11 Å². The fraction of sp³-hybridized carbons (Fsp3) is 0.455. The van der Waals surface area contributed by atoms with E-state index in [-0.39, 0.29) is 23.8 Å². The second kappa shape index (κ2) is 6.98. The van der Waals surface area contributed by atoms with Crippen molar-refractivity contribution in [1.29, 1.82) is 0 Å². The predicted molar refractivity (Wildman–Crippen MR) is 73.3 cm³/mol. The van der Waals surface area contributed by atoms with E-state index in [0.717, 1.165) is 4.47 Å². The van der Waals surface area contributed by atoms with Crippen LogP contribution in [0.2, 0.25) is 0 Å². The molecule has 1 heterocycles. The molecular formula is C11H15BrN2O2S. The molecule has 17 heavy (non-hydrogen) atoms. The molecule has 0 fully saturated rings. The molecule has 6 heteroatoms. The summed E-state index contributed by atoms with van der Waals surface area (Å²) in [6.45, 7) is 1.92. The van der Waals surface area contributed by atoms with Crippen LogP contribution >= 0.6 is 27.7 Å². The number of nitrogens with zero attached hydrogens (tertiary/aromatic N) is 1. The van der Waals surface area contributed by atoms with Gasteiger partial charge in [0.05, 0.1) is 12.2 Å². The maximum absolute atomic E-state index is 11.9. The summed E-state index contributed by atoms with van der Waals surface area (Å²) in [5.74, 6) is -0.182. The van der Waals surface area contributed by atoms with Gasteiger partial charge in [0.15, 0.2) is 0 Å². The second-order valence-electron chi connectivity index (χ2n) is 3.61. The lowest BCUT2D eigenvalue weighted by molar-refractivity contribution is 0.0935. The lowest BCUT2D eigenvalue weighted by atomic mass is 10.2. The quantitative estimate of drug-likeness (QED) is 0.867. The Morgan fingerprint density at radius 1 is 1.65 bits per heavy atom. The smallest absolute Gasteiger partial charge is 0.253 e. The van der Waals surface area contributed by atoms with Gasteiger partial charge in [-0.1, -0.05) is 0 Å². The van der Waals surface area contributed by atoms with Crippen molar-refractivity contribution in [1.82, 2.24) is 10.3 Å². The molecule has 0 aromatic carbocycles. The van der Waals surface area contributed by atoms with Gasteiger partial charge in [-0.05, 0) is 35.2 Å². The number of amides is 1. The fourth-order valence-corrected chi connectivity index (χ4v) is 2.35. The predicted octanol–water partition coefficient (Wildman–Crippen LogP) is 1.69. The number of aromatic nitrogens is 1. The van der Waals surface area contributed by atoms with Gasteiger partial charge in [0.2, 0.25) is 0 Å². The highest BCUT2D eigenvalue weighted by molar-refractivity contribution is 9.10. The van der Waals surface area contributed by atoms with Gasteiger partial charge in [0.25, 0.3) is 5.91 Å². The average molecular weight is 319 g/mol. The summed E-state index contributed by atoms with van der Waals surface area (Å²) in [6.07, 6.45) is 5.04. The highest BCUT2D eigenvalue weighted by Crippen LogP contribution is 2.12. The van der Waals surface area contributed by atoms with Crippen LogP contribution in [0.3, 0.4) is 0 Å². The third-order valence-electron chi connectivity index (χ3n) is 2.37. The maximum atomic E-state index is 11.9. The minimum Gasteiger partial charge on any atom is -0.395 e. The van der Waals surface area contributed by atoms with Gasteiger partial charge < -0.3 is 10.4 Å². The molecule has 0 unspecified atom stereocenters. The molecular weight excluding hydrogens is 304 g/mol.